The summed E-state index contributed by atoms with van der Waals surface area (Å²) in [6.45, 7) is 2.90. The second-order valence-electron chi connectivity index (χ2n) is 6.45. The highest BCUT2D eigenvalue weighted by Crippen LogP contribution is 2.21. The maximum absolute atomic E-state index is 12.5. The fourth-order valence-corrected chi connectivity index (χ4v) is 3.61. The van der Waals surface area contributed by atoms with Crippen LogP contribution in [-0.4, -0.2) is 54.3 Å². The van der Waals surface area contributed by atoms with Gasteiger partial charge in [0.15, 0.2) is 0 Å². The number of halogens is 2. The van der Waals surface area contributed by atoms with Gasteiger partial charge in [-0.15, -0.1) is 0 Å². The topological polar surface area (TPSA) is 52.7 Å². The predicted molar refractivity (Wildman–Crippen MR) is 111 cm³/mol. The molecule has 2 amide bonds. The van der Waals surface area contributed by atoms with Crippen LogP contribution in [0, 0.1) is 0 Å². The summed E-state index contributed by atoms with van der Waals surface area (Å²) < 4.78 is 0.855. The number of hydrogen-bond donors (Lipinski definition) is 1. The van der Waals surface area contributed by atoms with E-state index < -0.39 is 0 Å². The Hall–Kier alpha value is -1.89. The molecule has 1 heterocycles. The number of anilines is 1. The van der Waals surface area contributed by atoms with Crippen molar-refractivity contribution in [1.29, 1.82) is 0 Å². The SMILES string of the molecule is O=C(CN1CCN(C(=O)Cc2ccccc2Cl)CC1)Nc1ccccc1Br. The maximum Gasteiger partial charge on any atom is 0.238 e. The lowest BCUT2D eigenvalue weighted by molar-refractivity contribution is -0.132. The molecule has 1 aliphatic heterocycles. The fourth-order valence-electron chi connectivity index (χ4n) is 3.03. The van der Waals surface area contributed by atoms with Crippen LogP contribution in [0.3, 0.4) is 0 Å². The second kappa shape index (κ2) is 9.35. The van der Waals surface area contributed by atoms with Gasteiger partial charge in [0.25, 0.3) is 0 Å². The molecule has 0 atom stereocenters. The zero-order chi connectivity index (χ0) is 19.2. The normalized spacial score (nSPS) is 14.8. The molecule has 0 spiro atoms. The van der Waals surface area contributed by atoms with Crippen LogP contribution in [0.4, 0.5) is 5.69 Å². The summed E-state index contributed by atoms with van der Waals surface area (Å²) >= 11 is 9.56. The molecule has 1 saturated heterocycles. The molecule has 0 unspecified atom stereocenters. The Balaban J connectivity index is 1.46. The molecule has 0 aromatic heterocycles. The molecular formula is C20H21BrClN3O2. The van der Waals surface area contributed by atoms with Gasteiger partial charge in [0.1, 0.15) is 0 Å². The van der Waals surface area contributed by atoms with Crippen LogP contribution in [0.5, 0.6) is 0 Å². The summed E-state index contributed by atoms with van der Waals surface area (Å²) in [4.78, 5) is 28.6. The van der Waals surface area contributed by atoms with E-state index in [1.807, 2.05) is 47.4 Å². The van der Waals surface area contributed by atoms with Gasteiger partial charge in [0.05, 0.1) is 18.7 Å². The number of nitrogens with zero attached hydrogens (tertiary/aromatic N) is 2. The molecule has 27 heavy (non-hydrogen) atoms. The summed E-state index contributed by atoms with van der Waals surface area (Å²) in [6.07, 6.45) is 0.308. The molecule has 1 N–H and O–H groups in total. The van der Waals surface area contributed by atoms with E-state index in [1.54, 1.807) is 6.07 Å². The smallest absolute Gasteiger partial charge is 0.238 e. The van der Waals surface area contributed by atoms with Gasteiger partial charge in [-0.1, -0.05) is 41.9 Å². The van der Waals surface area contributed by atoms with Gasteiger partial charge < -0.3 is 10.2 Å². The standard InChI is InChI=1S/C20H21BrClN3O2/c21-16-6-2-4-8-18(16)23-19(26)14-24-9-11-25(12-10-24)20(27)13-15-5-1-3-7-17(15)22/h1-8H,9-14H2,(H,23,26). The van der Waals surface area contributed by atoms with Crippen molar-refractivity contribution in [2.45, 2.75) is 6.42 Å². The number of piperazine rings is 1. The molecule has 2 aromatic carbocycles. The number of amides is 2. The molecule has 7 heteroatoms. The van der Waals surface area contributed by atoms with Gasteiger partial charge in [0, 0.05) is 35.7 Å². The van der Waals surface area contributed by atoms with E-state index in [0.717, 1.165) is 15.7 Å². The molecule has 0 saturated carbocycles. The molecule has 0 bridgehead atoms. The van der Waals surface area contributed by atoms with Crippen molar-refractivity contribution in [3.05, 3.63) is 63.6 Å². The third-order valence-electron chi connectivity index (χ3n) is 4.54. The van der Waals surface area contributed by atoms with Gasteiger partial charge in [-0.25, -0.2) is 0 Å². The van der Waals surface area contributed by atoms with Crippen LogP contribution in [0.2, 0.25) is 5.02 Å². The van der Waals surface area contributed by atoms with Crippen molar-refractivity contribution in [2.75, 3.05) is 38.0 Å². The summed E-state index contributed by atoms with van der Waals surface area (Å²) in [5.74, 6) is 0.0122. The van der Waals surface area contributed by atoms with Gasteiger partial charge in [-0.3, -0.25) is 14.5 Å². The summed E-state index contributed by atoms with van der Waals surface area (Å²) in [6, 6.07) is 14.9. The molecule has 3 rings (SSSR count). The highest BCUT2D eigenvalue weighted by molar-refractivity contribution is 9.10. The molecule has 1 aliphatic rings. The van der Waals surface area contributed by atoms with Crippen LogP contribution in [-0.2, 0) is 16.0 Å². The summed E-state index contributed by atoms with van der Waals surface area (Å²) in [7, 11) is 0. The van der Waals surface area contributed by atoms with Gasteiger partial charge in [-0.2, -0.15) is 0 Å². The zero-order valence-electron chi connectivity index (χ0n) is 14.8. The number of rotatable bonds is 5. The van der Waals surface area contributed by atoms with Crippen molar-refractivity contribution in [2.24, 2.45) is 0 Å². The van der Waals surface area contributed by atoms with Gasteiger partial charge in [0.2, 0.25) is 11.8 Å². The van der Waals surface area contributed by atoms with Crippen LogP contribution < -0.4 is 5.32 Å². The lowest BCUT2D eigenvalue weighted by Gasteiger charge is -2.34. The Bertz CT molecular complexity index is 822. The molecule has 0 aliphatic carbocycles. The highest BCUT2D eigenvalue weighted by atomic mass is 79.9. The van der Waals surface area contributed by atoms with Crippen LogP contribution in [0.1, 0.15) is 5.56 Å². The first-order valence-corrected chi connectivity index (χ1v) is 9.98. The number of para-hydroxylation sites is 1. The number of carbonyl (C=O) groups is 2. The monoisotopic (exact) mass is 449 g/mol. The molecule has 5 nitrogen and oxygen atoms in total. The molecule has 2 aromatic rings. The molecule has 142 valence electrons. The van der Waals surface area contributed by atoms with Crippen molar-refractivity contribution in [1.82, 2.24) is 9.80 Å². The van der Waals surface area contributed by atoms with Crippen molar-refractivity contribution >= 4 is 45.0 Å². The number of hydrogen-bond acceptors (Lipinski definition) is 3. The Labute approximate surface area is 172 Å². The summed E-state index contributed by atoms with van der Waals surface area (Å²) in [5.41, 5.74) is 1.61. The van der Waals surface area contributed by atoms with Crippen LogP contribution >= 0.6 is 27.5 Å². The zero-order valence-corrected chi connectivity index (χ0v) is 17.2. The lowest BCUT2D eigenvalue weighted by Crippen LogP contribution is -2.50. The van der Waals surface area contributed by atoms with Gasteiger partial charge >= 0.3 is 0 Å². The lowest BCUT2D eigenvalue weighted by atomic mass is 10.1. The minimum absolute atomic E-state index is 0.0576. The first kappa shape index (κ1) is 19.9. The average Bonchev–Trinajstić information content (AvgIpc) is 2.66. The van der Waals surface area contributed by atoms with E-state index >= 15 is 0 Å². The Morgan fingerprint density at radius 1 is 1.00 bits per heavy atom. The minimum Gasteiger partial charge on any atom is -0.340 e. The second-order valence-corrected chi connectivity index (χ2v) is 7.71. The Kier molecular flexibility index (Phi) is 6.88. The predicted octanol–water partition coefficient (Wildman–Crippen LogP) is 3.43. The Morgan fingerprint density at radius 2 is 1.67 bits per heavy atom. The first-order chi connectivity index (χ1) is 13.0. The van der Waals surface area contributed by atoms with E-state index in [-0.39, 0.29) is 11.8 Å². The van der Waals surface area contributed by atoms with E-state index in [4.69, 9.17) is 11.6 Å². The molecule has 1 fully saturated rings. The van der Waals surface area contributed by atoms with Crippen molar-refractivity contribution in [3.8, 4) is 0 Å². The van der Waals surface area contributed by atoms with Crippen LogP contribution in [0.25, 0.3) is 0 Å². The minimum atomic E-state index is -0.0576. The fraction of sp³-hybridized carbons (Fsp3) is 0.300. The van der Waals surface area contributed by atoms with E-state index in [0.29, 0.717) is 44.2 Å². The number of nitrogens with one attached hydrogen (secondary N) is 1. The molecular weight excluding hydrogens is 430 g/mol. The average molecular weight is 451 g/mol. The quantitative estimate of drug-likeness (QED) is 0.759. The largest absolute Gasteiger partial charge is 0.340 e. The third-order valence-corrected chi connectivity index (χ3v) is 5.60. The third kappa shape index (κ3) is 5.54. The first-order valence-electron chi connectivity index (χ1n) is 8.81. The number of carbonyl (C=O) groups excluding carboxylic acids is 2. The Morgan fingerprint density at radius 3 is 2.37 bits per heavy atom. The van der Waals surface area contributed by atoms with Crippen molar-refractivity contribution < 1.29 is 9.59 Å². The number of benzene rings is 2. The summed E-state index contributed by atoms with van der Waals surface area (Å²) in [5, 5.41) is 3.53. The van der Waals surface area contributed by atoms with E-state index in [2.05, 4.69) is 26.1 Å². The maximum atomic E-state index is 12.5. The van der Waals surface area contributed by atoms with Crippen molar-refractivity contribution in [3.63, 3.8) is 0 Å². The molecule has 0 radical (unpaired) electrons. The van der Waals surface area contributed by atoms with E-state index in [1.165, 1.54) is 0 Å². The van der Waals surface area contributed by atoms with Crippen LogP contribution in [0.15, 0.2) is 53.0 Å². The highest BCUT2D eigenvalue weighted by Gasteiger charge is 2.23. The van der Waals surface area contributed by atoms with E-state index in [9.17, 15) is 9.59 Å². The van der Waals surface area contributed by atoms with Gasteiger partial charge in [-0.05, 0) is 39.7 Å².